The second kappa shape index (κ2) is 3.81. The lowest BCUT2D eigenvalue weighted by Crippen LogP contribution is -2.45. The van der Waals surface area contributed by atoms with Gasteiger partial charge in [0.2, 0.25) is 0 Å². The minimum atomic E-state index is -4.22. The van der Waals surface area contributed by atoms with E-state index in [2.05, 4.69) is 5.32 Å². The molecule has 1 fully saturated rings. The lowest BCUT2D eigenvalue weighted by atomic mass is 9.97. The molecule has 0 saturated carbocycles. The van der Waals surface area contributed by atoms with E-state index in [0.717, 1.165) is 11.3 Å². The number of thioether (sulfide) groups is 1. The van der Waals surface area contributed by atoms with Gasteiger partial charge in [0.25, 0.3) is 0 Å². The Labute approximate surface area is 108 Å². The number of para-hydroxylation sites is 1. The molecule has 1 saturated heterocycles. The standard InChI is InChI=1S/C12H13F3N2S/c1-17-9-5-3-2-4-8(9)11(18-12(13,14)15)6-7-16-10(11)17/h2-5,10,16H,6-7H2,1H3/t10-,11-/m0/s1. The van der Waals surface area contributed by atoms with Crippen molar-refractivity contribution < 1.29 is 13.2 Å². The molecule has 6 heteroatoms. The van der Waals surface area contributed by atoms with E-state index >= 15 is 0 Å². The number of likely N-dealkylation sites (N-methyl/N-ethyl adjacent to an activating group) is 1. The first kappa shape index (κ1) is 12.2. The number of halogens is 3. The van der Waals surface area contributed by atoms with Gasteiger partial charge in [-0.3, -0.25) is 5.32 Å². The third-order valence-electron chi connectivity index (χ3n) is 3.70. The molecule has 0 aliphatic carbocycles. The quantitative estimate of drug-likeness (QED) is 0.847. The molecule has 2 atom stereocenters. The van der Waals surface area contributed by atoms with Gasteiger partial charge in [-0.2, -0.15) is 13.2 Å². The average Bonchev–Trinajstić information content (AvgIpc) is 2.78. The maximum atomic E-state index is 12.9. The van der Waals surface area contributed by atoms with E-state index in [-0.39, 0.29) is 17.9 Å². The zero-order valence-corrected chi connectivity index (χ0v) is 10.6. The normalized spacial score (nSPS) is 30.4. The molecule has 1 aromatic rings. The summed E-state index contributed by atoms with van der Waals surface area (Å²) < 4.78 is 37.7. The Morgan fingerprint density at radius 1 is 1.39 bits per heavy atom. The SMILES string of the molecule is CN1c2ccccc2[C@@]2(SC(F)(F)F)CCN[C@@H]12. The highest BCUT2D eigenvalue weighted by molar-refractivity contribution is 8.01. The summed E-state index contributed by atoms with van der Waals surface area (Å²) in [7, 11) is 1.85. The first-order chi connectivity index (χ1) is 8.44. The number of hydrogen-bond acceptors (Lipinski definition) is 3. The van der Waals surface area contributed by atoms with Crippen LogP contribution in [-0.2, 0) is 4.75 Å². The van der Waals surface area contributed by atoms with Gasteiger partial charge < -0.3 is 4.90 Å². The van der Waals surface area contributed by atoms with Crippen LogP contribution in [0.5, 0.6) is 0 Å². The zero-order chi connectivity index (χ0) is 13.0. The molecule has 2 nitrogen and oxygen atoms in total. The van der Waals surface area contributed by atoms with Gasteiger partial charge in [-0.25, -0.2) is 0 Å². The summed E-state index contributed by atoms with van der Waals surface area (Å²) in [5, 5.41) is 3.18. The maximum absolute atomic E-state index is 12.9. The summed E-state index contributed by atoms with van der Waals surface area (Å²) in [6.07, 6.45) is 0.227. The van der Waals surface area contributed by atoms with Gasteiger partial charge in [-0.1, -0.05) is 18.2 Å². The van der Waals surface area contributed by atoms with Crippen molar-refractivity contribution in [1.82, 2.24) is 5.32 Å². The maximum Gasteiger partial charge on any atom is 0.442 e. The molecule has 0 bridgehead atoms. The smallest absolute Gasteiger partial charge is 0.357 e. The molecule has 0 aromatic heterocycles. The van der Waals surface area contributed by atoms with E-state index in [9.17, 15) is 13.2 Å². The first-order valence-electron chi connectivity index (χ1n) is 5.77. The van der Waals surface area contributed by atoms with Crippen LogP contribution in [0.2, 0.25) is 0 Å². The van der Waals surface area contributed by atoms with Crippen LogP contribution in [0, 0.1) is 0 Å². The van der Waals surface area contributed by atoms with Gasteiger partial charge in [0.15, 0.2) is 0 Å². The number of anilines is 1. The van der Waals surface area contributed by atoms with Crippen molar-refractivity contribution in [3.8, 4) is 0 Å². The molecule has 0 radical (unpaired) electrons. The van der Waals surface area contributed by atoms with Gasteiger partial charge in [0.1, 0.15) is 0 Å². The molecule has 98 valence electrons. The van der Waals surface area contributed by atoms with Crippen LogP contribution in [-0.4, -0.2) is 25.3 Å². The second-order valence-corrected chi connectivity index (χ2v) is 6.07. The minimum absolute atomic E-state index is 0.125. The summed E-state index contributed by atoms with van der Waals surface area (Å²) in [5.41, 5.74) is -2.53. The molecule has 0 unspecified atom stereocenters. The monoisotopic (exact) mass is 274 g/mol. The van der Waals surface area contributed by atoms with Crippen molar-refractivity contribution in [3.05, 3.63) is 29.8 Å². The van der Waals surface area contributed by atoms with Crippen molar-refractivity contribution in [2.45, 2.75) is 22.8 Å². The molecule has 1 aromatic carbocycles. The van der Waals surface area contributed by atoms with Crippen LogP contribution >= 0.6 is 11.8 Å². The molecule has 2 aliphatic heterocycles. The molecule has 3 rings (SSSR count). The number of rotatable bonds is 1. The van der Waals surface area contributed by atoms with Crippen LogP contribution < -0.4 is 10.2 Å². The van der Waals surface area contributed by atoms with Crippen molar-refractivity contribution in [1.29, 1.82) is 0 Å². The van der Waals surface area contributed by atoms with Gasteiger partial charge in [0, 0.05) is 12.7 Å². The topological polar surface area (TPSA) is 15.3 Å². The molecule has 2 heterocycles. The third kappa shape index (κ3) is 1.62. The Morgan fingerprint density at radius 3 is 2.83 bits per heavy atom. The Kier molecular flexibility index (Phi) is 2.57. The van der Waals surface area contributed by atoms with Crippen LogP contribution in [0.4, 0.5) is 18.9 Å². The van der Waals surface area contributed by atoms with Crippen molar-refractivity contribution >= 4 is 17.4 Å². The summed E-state index contributed by atoms with van der Waals surface area (Å²) in [4.78, 5) is 1.92. The Bertz CT molecular complexity index is 477. The molecule has 1 N–H and O–H groups in total. The van der Waals surface area contributed by atoms with E-state index in [0.29, 0.717) is 13.0 Å². The Morgan fingerprint density at radius 2 is 2.11 bits per heavy atom. The zero-order valence-electron chi connectivity index (χ0n) is 9.79. The molecule has 18 heavy (non-hydrogen) atoms. The molecular formula is C12H13F3N2S. The number of nitrogens with zero attached hydrogens (tertiary/aromatic N) is 1. The average molecular weight is 274 g/mol. The lowest BCUT2D eigenvalue weighted by molar-refractivity contribution is -0.0345. The van der Waals surface area contributed by atoms with Crippen molar-refractivity contribution in [2.75, 3.05) is 18.5 Å². The number of hydrogen-bond donors (Lipinski definition) is 1. The number of nitrogens with one attached hydrogen (secondary N) is 1. The van der Waals surface area contributed by atoms with Gasteiger partial charge in [-0.15, -0.1) is 0 Å². The highest BCUT2D eigenvalue weighted by Gasteiger charge is 2.58. The fourth-order valence-electron chi connectivity index (χ4n) is 3.07. The summed E-state index contributed by atoms with van der Waals surface area (Å²) >= 11 is 0.125. The van der Waals surface area contributed by atoms with E-state index in [1.807, 2.05) is 36.2 Å². The fourth-order valence-corrected chi connectivity index (χ4v) is 4.33. The van der Waals surface area contributed by atoms with Crippen molar-refractivity contribution in [2.24, 2.45) is 0 Å². The van der Waals surface area contributed by atoms with Crippen LogP contribution in [0.3, 0.4) is 0 Å². The van der Waals surface area contributed by atoms with Crippen molar-refractivity contribution in [3.63, 3.8) is 0 Å². The number of fused-ring (bicyclic) bond motifs is 3. The third-order valence-corrected chi connectivity index (χ3v) is 4.94. The summed E-state index contributed by atoms with van der Waals surface area (Å²) in [6, 6.07) is 7.37. The van der Waals surface area contributed by atoms with E-state index < -0.39 is 10.3 Å². The van der Waals surface area contributed by atoms with Gasteiger partial charge in [0.05, 0.1) is 10.9 Å². The second-order valence-electron chi connectivity index (χ2n) is 4.67. The number of benzene rings is 1. The fraction of sp³-hybridized carbons (Fsp3) is 0.500. The highest BCUT2D eigenvalue weighted by Crippen LogP contribution is 2.59. The van der Waals surface area contributed by atoms with E-state index in [4.69, 9.17) is 0 Å². The Hall–Kier alpha value is -0.880. The van der Waals surface area contributed by atoms with E-state index in [1.54, 1.807) is 0 Å². The first-order valence-corrected chi connectivity index (χ1v) is 6.58. The highest BCUT2D eigenvalue weighted by atomic mass is 32.2. The largest absolute Gasteiger partial charge is 0.442 e. The lowest BCUT2D eigenvalue weighted by Gasteiger charge is -2.31. The summed E-state index contributed by atoms with van der Waals surface area (Å²) in [6.45, 7) is 0.617. The van der Waals surface area contributed by atoms with Gasteiger partial charge >= 0.3 is 5.51 Å². The predicted octanol–water partition coefficient (Wildman–Crippen LogP) is 2.90. The molecule has 0 amide bonds. The minimum Gasteiger partial charge on any atom is -0.357 e. The Balaban J connectivity index is 2.11. The van der Waals surface area contributed by atoms with E-state index in [1.165, 1.54) is 0 Å². The number of alkyl halides is 3. The van der Waals surface area contributed by atoms with Crippen LogP contribution in [0.1, 0.15) is 12.0 Å². The van der Waals surface area contributed by atoms with Gasteiger partial charge in [-0.05, 0) is 36.4 Å². The predicted molar refractivity (Wildman–Crippen MR) is 66.6 cm³/mol. The van der Waals surface area contributed by atoms with Crippen LogP contribution in [0.25, 0.3) is 0 Å². The molecule has 2 aliphatic rings. The summed E-state index contributed by atoms with van der Waals surface area (Å²) in [5.74, 6) is 0. The molecular weight excluding hydrogens is 261 g/mol. The van der Waals surface area contributed by atoms with Crippen LogP contribution in [0.15, 0.2) is 24.3 Å². The molecule has 0 spiro atoms.